The summed E-state index contributed by atoms with van der Waals surface area (Å²) in [6.07, 6.45) is 6.06. The van der Waals surface area contributed by atoms with Crippen LogP contribution >= 0.6 is 0 Å². The van der Waals surface area contributed by atoms with Gasteiger partial charge in [0.2, 0.25) is 0 Å². The number of fused-ring (bicyclic) bond motifs is 2. The Hall–Kier alpha value is -3.77. The molecule has 6 nitrogen and oxygen atoms in total. The average Bonchev–Trinajstić information content (AvgIpc) is 3.21. The lowest BCUT2D eigenvalue weighted by atomic mass is 9.80. The summed E-state index contributed by atoms with van der Waals surface area (Å²) >= 11 is 0. The maximum Gasteiger partial charge on any atom is 0.146 e. The number of pyridine rings is 1. The summed E-state index contributed by atoms with van der Waals surface area (Å²) in [6.45, 7) is 1.06. The molecule has 0 atom stereocenters. The van der Waals surface area contributed by atoms with E-state index in [0.717, 1.165) is 63.7 Å². The molecule has 1 fully saturated rings. The molecule has 164 valence electrons. The Morgan fingerprint density at radius 2 is 1.82 bits per heavy atom. The Bertz CT molecular complexity index is 1450. The predicted molar refractivity (Wildman–Crippen MR) is 134 cm³/mol. The van der Waals surface area contributed by atoms with E-state index in [1.807, 2.05) is 25.2 Å². The van der Waals surface area contributed by atoms with Crippen molar-refractivity contribution < 1.29 is 0 Å². The second kappa shape index (κ2) is 7.98. The molecule has 0 aliphatic heterocycles. The lowest BCUT2D eigenvalue weighted by Gasteiger charge is -2.36. The number of anilines is 1. The summed E-state index contributed by atoms with van der Waals surface area (Å²) < 4.78 is 2.30. The first kappa shape index (κ1) is 19.9. The number of hydrogen-bond donors (Lipinski definition) is 2. The van der Waals surface area contributed by atoms with Crippen molar-refractivity contribution in [2.24, 2.45) is 5.92 Å². The average molecular weight is 435 g/mol. The van der Waals surface area contributed by atoms with Gasteiger partial charge in [-0.3, -0.25) is 0 Å². The van der Waals surface area contributed by atoms with Gasteiger partial charge in [0.15, 0.2) is 0 Å². The van der Waals surface area contributed by atoms with Gasteiger partial charge >= 0.3 is 0 Å². The monoisotopic (exact) mass is 434 g/mol. The molecule has 3 N–H and O–H groups in total. The number of hydrogen-bond acceptors (Lipinski definition) is 5. The zero-order valence-corrected chi connectivity index (χ0v) is 18.6. The van der Waals surface area contributed by atoms with Gasteiger partial charge in [0.1, 0.15) is 17.8 Å². The first-order valence-corrected chi connectivity index (χ1v) is 11.4. The van der Waals surface area contributed by atoms with Crippen LogP contribution in [0.5, 0.6) is 0 Å². The van der Waals surface area contributed by atoms with Crippen molar-refractivity contribution in [2.75, 3.05) is 19.3 Å². The van der Waals surface area contributed by atoms with Gasteiger partial charge in [-0.2, -0.15) is 0 Å². The molecule has 0 spiro atoms. The van der Waals surface area contributed by atoms with Crippen molar-refractivity contribution in [3.8, 4) is 22.4 Å². The molecule has 2 aromatic carbocycles. The fourth-order valence-electron chi connectivity index (χ4n) is 5.04. The van der Waals surface area contributed by atoms with Gasteiger partial charge in [-0.05, 0) is 50.0 Å². The molecule has 33 heavy (non-hydrogen) atoms. The van der Waals surface area contributed by atoms with Crippen molar-refractivity contribution in [1.82, 2.24) is 24.8 Å². The first-order valence-electron chi connectivity index (χ1n) is 11.4. The van der Waals surface area contributed by atoms with Crippen LogP contribution in [0.1, 0.15) is 18.9 Å². The fourth-order valence-corrected chi connectivity index (χ4v) is 5.04. The second-order valence-corrected chi connectivity index (χ2v) is 8.93. The predicted octanol–water partition coefficient (Wildman–Crippen LogP) is 5.07. The molecule has 3 aromatic heterocycles. The molecule has 1 aliphatic carbocycles. The minimum Gasteiger partial charge on any atom is -0.383 e. The summed E-state index contributed by atoms with van der Waals surface area (Å²) in [5, 5.41) is 5.33. The number of rotatable bonds is 5. The van der Waals surface area contributed by atoms with E-state index in [9.17, 15) is 0 Å². The summed E-state index contributed by atoms with van der Waals surface area (Å²) in [5.41, 5.74) is 12.5. The maximum atomic E-state index is 6.37. The molecule has 1 saturated carbocycles. The third kappa shape index (κ3) is 3.43. The minimum atomic E-state index is 0.442. The molecule has 0 radical (unpaired) electrons. The van der Waals surface area contributed by atoms with Crippen LogP contribution in [-0.2, 0) is 0 Å². The molecule has 0 saturated heterocycles. The lowest BCUT2D eigenvalue weighted by molar-refractivity contribution is 0.200. The molecular formula is C27H26N6. The first-order chi connectivity index (χ1) is 16.2. The molecule has 1 aliphatic rings. The van der Waals surface area contributed by atoms with E-state index in [1.165, 1.54) is 0 Å². The Balaban J connectivity index is 1.45. The zero-order valence-electron chi connectivity index (χ0n) is 18.6. The Labute approximate surface area is 192 Å². The van der Waals surface area contributed by atoms with E-state index in [-0.39, 0.29) is 0 Å². The zero-order chi connectivity index (χ0) is 22.4. The molecule has 3 heterocycles. The van der Waals surface area contributed by atoms with Crippen LogP contribution in [-0.4, -0.2) is 33.1 Å². The highest BCUT2D eigenvalue weighted by molar-refractivity contribution is 6.02. The van der Waals surface area contributed by atoms with Crippen molar-refractivity contribution in [2.45, 2.75) is 18.9 Å². The molecule has 0 bridgehead atoms. The van der Waals surface area contributed by atoms with Crippen LogP contribution in [0.25, 0.3) is 44.3 Å². The largest absolute Gasteiger partial charge is 0.383 e. The van der Waals surface area contributed by atoms with Gasteiger partial charge in [-0.25, -0.2) is 15.0 Å². The minimum absolute atomic E-state index is 0.442. The third-order valence-corrected chi connectivity index (χ3v) is 6.81. The van der Waals surface area contributed by atoms with E-state index >= 15 is 0 Å². The number of nitrogen functional groups attached to an aromatic ring is 1. The van der Waals surface area contributed by atoms with Crippen LogP contribution in [0.3, 0.4) is 0 Å². The summed E-state index contributed by atoms with van der Waals surface area (Å²) in [7, 11) is 2.02. The van der Waals surface area contributed by atoms with Crippen LogP contribution < -0.4 is 11.1 Å². The lowest BCUT2D eigenvalue weighted by Crippen LogP contribution is -2.33. The summed E-state index contributed by atoms with van der Waals surface area (Å²) in [5.74, 6) is 1.23. The molecule has 5 aromatic rings. The Morgan fingerprint density at radius 3 is 2.64 bits per heavy atom. The molecular weight excluding hydrogens is 408 g/mol. The van der Waals surface area contributed by atoms with Crippen LogP contribution in [0, 0.1) is 5.92 Å². The second-order valence-electron chi connectivity index (χ2n) is 8.93. The highest BCUT2D eigenvalue weighted by Gasteiger charge is 2.32. The van der Waals surface area contributed by atoms with Gasteiger partial charge in [-0.15, -0.1) is 0 Å². The van der Waals surface area contributed by atoms with E-state index in [0.29, 0.717) is 17.8 Å². The quantitative estimate of drug-likeness (QED) is 0.404. The molecule has 6 rings (SSSR count). The van der Waals surface area contributed by atoms with Gasteiger partial charge in [0, 0.05) is 28.8 Å². The van der Waals surface area contributed by atoms with E-state index in [2.05, 4.69) is 68.5 Å². The SMILES string of the molecule is CNCC1CC(n2cc(-c3ccc4ccc(-c5ccccc5)nc4c3)c3c(N)ncnc32)C1. The highest BCUT2D eigenvalue weighted by Crippen LogP contribution is 2.42. The normalized spacial score (nSPS) is 18.0. The van der Waals surface area contributed by atoms with Gasteiger partial charge in [0.25, 0.3) is 0 Å². The van der Waals surface area contributed by atoms with Gasteiger partial charge in [0.05, 0.1) is 16.6 Å². The Morgan fingerprint density at radius 1 is 1.00 bits per heavy atom. The third-order valence-electron chi connectivity index (χ3n) is 6.81. The van der Waals surface area contributed by atoms with E-state index < -0.39 is 0 Å². The topological polar surface area (TPSA) is 81.7 Å². The fraction of sp³-hybridized carbons (Fsp3) is 0.222. The van der Waals surface area contributed by atoms with Crippen LogP contribution in [0.4, 0.5) is 5.82 Å². The van der Waals surface area contributed by atoms with Crippen molar-refractivity contribution in [3.63, 3.8) is 0 Å². The number of nitrogens with zero attached hydrogens (tertiary/aromatic N) is 4. The standard InChI is InChI=1S/C27H26N6/c1-29-14-17-11-21(12-17)33-15-22(25-26(28)30-16-31-27(25)33)20-8-7-19-9-10-23(32-24(19)13-20)18-5-3-2-4-6-18/h2-10,13,15-17,21,29H,11-12,14H2,1H3,(H2,28,30,31). The summed E-state index contributed by atoms with van der Waals surface area (Å²) in [6, 6.07) is 21.3. The van der Waals surface area contributed by atoms with Gasteiger partial charge in [-0.1, -0.05) is 48.5 Å². The van der Waals surface area contributed by atoms with Crippen LogP contribution in [0.15, 0.2) is 73.2 Å². The van der Waals surface area contributed by atoms with Gasteiger partial charge < -0.3 is 15.6 Å². The number of nitrogens with one attached hydrogen (secondary N) is 1. The van der Waals surface area contributed by atoms with Crippen molar-refractivity contribution >= 4 is 27.8 Å². The molecule has 0 unspecified atom stereocenters. The van der Waals surface area contributed by atoms with Crippen molar-refractivity contribution in [3.05, 3.63) is 73.2 Å². The smallest absolute Gasteiger partial charge is 0.146 e. The highest BCUT2D eigenvalue weighted by atomic mass is 15.1. The number of benzene rings is 2. The number of aromatic nitrogens is 4. The van der Waals surface area contributed by atoms with E-state index in [4.69, 9.17) is 10.7 Å². The number of nitrogens with two attached hydrogens (primary N) is 1. The van der Waals surface area contributed by atoms with Crippen LogP contribution in [0.2, 0.25) is 0 Å². The maximum absolute atomic E-state index is 6.37. The Kier molecular flexibility index (Phi) is 4.80. The van der Waals surface area contributed by atoms with Crippen molar-refractivity contribution in [1.29, 1.82) is 0 Å². The molecule has 6 heteroatoms. The van der Waals surface area contributed by atoms with E-state index in [1.54, 1.807) is 6.33 Å². The molecule has 0 amide bonds. The summed E-state index contributed by atoms with van der Waals surface area (Å²) in [4.78, 5) is 13.9.